The number of nitrogens with one attached hydrogen (secondary N) is 5. The summed E-state index contributed by atoms with van der Waals surface area (Å²) in [7, 11) is -1.80. The molecule has 0 aliphatic carbocycles. The number of carboxylic acids is 2. The summed E-state index contributed by atoms with van der Waals surface area (Å²) in [5, 5.41) is 34.8. The molecule has 5 amide bonds. The quantitative estimate of drug-likeness (QED) is 0.0343. The number of hydrogen-bond donors (Lipinski definition) is 10. The summed E-state index contributed by atoms with van der Waals surface area (Å²) in [6.07, 6.45) is -1.81. The number of amides is 5. The van der Waals surface area contributed by atoms with E-state index in [0.29, 0.717) is 30.8 Å². The van der Waals surface area contributed by atoms with E-state index in [1.807, 2.05) is 6.92 Å². The van der Waals surface area contributed by atoms with Crippen LogP contribution in [0.4, 0.5) is 0 Å². The van der Waals surface area contributed by atoms with Crippen molar-refractivity contribution in [1.82, 2.24) is 26.6 Å². The molecule has 0 radical (unpaired) electrons. The molecule has 1 heterocycles. The molecule has 0 bridgehead atoms. The molecule has 0 saturated heterocycles. The number of carboxylic acid groups (broad SMARTS) is 2. The number of nitrogens with two attached hydrogens (primary N) is 1. The van der Waals surface area contributed by atoms with Gasteiger partial charge in [-0.15, -0.1) is 0 Å². The number of rotatable bonds is 27. The Labute approximate surface area is 341 Å². The summed E-state index contributed by atoms with van der Waals surface area (Å²) in [5.41, 5.74) is 6.10. The molecule has 0 saturated carbocycles. The van der Waals surface area contributed by atoms with Gasteiger partial charge >= 0.3 is 19.8 Å². The highest BCUT2D eigenvalue weighted by Crippen LogP contribution is 2.37. The van der Waals surface area contributed by atoms with Crippen molar-refractivity contribution in [3.63, 3.8) is 0 Å². The van der Waals surface area contributed by atoms with Gasteiger partial charge in [0.25, 0.3) is 5.91 Å². The lowest BCUT2D eigenvalue weighted by molar-refractivity contribution is -0.140. The molecule has 0 aliphatic rings. The van der Waals surface area contributed by atoms with Crippen LogP contribution >= 0.6 is 40.7 Å². The first-order valence-corrected chi connectivity index (χ1v) is 22.6. The zero-order valence-electron chi connectivity index (χ0n) is 31.2. The van der Waals surface area contributed by atoms with Crippen LogP contribution in [0.5, 0.6) is 5.75 Å². The lowest BCUT2D eigenvalue weighted by Crippen LogP contribution is -2.59. The molecule has 19 nitrogen and oxygen atoms in total. The summed E-state index contributed by atoms with van der Waals surface area (Å²) in [4.78, 5) is 109. The SMILES string of the molecule is CC[C@H](C)[C@H](NC(=O)[C@H](CCC(=O)O)NC(=O)[C@H](CCC(=O)O)NC(=O)[C@H](Cc1ccc(OP(=O)(O)O)cc1)NC(=O)c1ccsc1)C(=O)NCCSSCCN. The maximum atomic E-state index is 13.8. The highest BCUT2D eigenvalue weighted by atomic mass is 33.1. The number of phosphoric acid groups is 1. The van der Waals surface area contributed by atoms with Gasteiger partial charge in [0, 0.05) is 49.2 Å². The van der Waals surface area contributed by atoms with Crippen molar-refractivity contribution in [2.45, 2.75) is 76.5 Å². The smallest absolute Gasteiger partial charge is 0.481 e. The maximum Gasteiger partial charge on any atom is 0.524 e. The van der Waals surface area contributed by atoms with Gasteiger partial charge in [-0.05, 0) is 47.9 Å². The Balaban J connectivity index is 2.33. The molecule has 0 aliphatic heterocycles. The van der Waals surface area contributed by atoms with E-state index in [1.165, 1.54) is 57.8 Å². The Bertz CT molecular complexity index is 1700. The van der Waals surface area contributed by atoms with E-state index in [0.717, 1.165) is 5.75 Å². The van der Waals surface area contributed by atoms with Crippen LogP contribution in [0.15, 0.2) is 41.1 Å². The zero-order chi connectivity index (χ0) is 42.5. The summed E-state index contributed by atoms with van der Waals surface area (Å²) in [5.74, 6) is -5.84. The second-order valence-electron chi connectivity index (χ2n) is 12.6. The van der Waals surface area contributed by atoms with Gasteiger partial charge in [-0.3, -0.25) is 43.3 Å². The molecule has 316 valence electrons. The molecule has 2 aromatic rings. The number of benzene rings is 1. The van der Waals surface area contributed by atoms with Gasteiger partial charge < -0.3 is 47.1 Å². The van der Waals surface area contributed by atoms with Gasteiger partial charge in [-0.1, -0.05) is 54.0 Å². The predicted molar refractivity (Wildman–Crippen MR) is 214 cm³/mol. The van der Waals surface area contributed by atoms with E-state index >= 15 is 0 Å². The third-order valence-corrected chi connectivity index (χ3v) is 11.7. The molecular weight excluding hydrogens is 828 g/mol. The molecule has 0 unspecified atom stereocenters. The normalized spacial score (nSPS) is 13.8. The molecule has 0 fully saturated rings. The van der Waals surface area contributed by atoms with E-state index in [4.69, 9.17) is 15.5 Å². The Kier molecular flexibility index (Phi) is 21.7. The van der Waals surface area contributed by atoms with Gasteiger partial charge in [0.15, 0.2) is 0 Å². The highest BCUT2D eigenvalue weighted by molar-refractivity contribution is 8.76. The van der Waals surface area contributed by atoms with E-state index in [2.05, 4.69) is 31.1 Å². The minimum atomic E-state index is -4.86. The lowest BCUT2D eigenvalue weighted by Gasteiger charge is -2.28. The largest absolute Gasteiger partial charge is 0.524 e. The predicted octanol–water partition coefficient (Wildman–Crippen LogP) is 1.25. The van der Waals surface area contributed by atoms with E-state index in [1.54, 1.807) is 23.1 Å². The number of hydrogen-bond acceptors (Lipinski definition) is 13. The number of thiophene rings is 1. The average Bonchev–Trinajstić information content (AvgIpc) is 3.70. The van der Waals surface area contributed by atoms with E-state index < -0.39 is 99.1 Å². The van der Waals surface area contributed by atoms with Crippen molar-refractivity contribution >= 4 is 82.2 Å². The minimum absolute atomic E-state index is 0.175. The van der Waals surface area contributed by atoms with Gasteiger partial charge in [-0.25, -0.2) is 4.57 Å². The molecule has 2 rings (SSSR count). The third-order valence-electron chi connectivity index (χ3n) is 8.11. The molecule has 11 N–H and O–H groups in total. The van der Waals surface area contributed by atoms with Crippen molar-refractivity contribution < 1.29 is 62.7 Å². The molecule has 5 atom stereocenters. The van der Waals surface area contributed by atoms with E-state index in [9.17, 15) is 48.3 Å². The second-order valence-corrected chi connectivity index (χ2v) is 17.2. The van der Waals surface area contributed by atoms with Crippen LogP contribution in [0.2, 0.25) is 0 Å². The number of carbonyl (C=O) groups excluding carboxylic acids is 5. The first-order valence-electron chi connectivity index (χ1n) is 17.7. The van der Waals surface area contributed by atoms with E-state index in [-0.39, 0.29) is 23.7 Å². The van der Waals surface area contributed by atoms with Gasteiger partial charge in [0.1, 0.15) is 29.9 Å². The van der Waals surface area contributed by atoms with Gasteiger partial charge in [-0.2, -0.15) is 11.3 Å². The monoisotopic (exact) mass is 876 g/mol. The van der Waals surface area contributed by atoms with Crippen LogP contribution in [-0.2, 0) is 39.8 Å². The number of aliphatic carboxylic acids is 2. The van der Waals surface area contributed by atoms with Crippen LogP contribution in [0.1, 0.15) is 61.9 Å². The maximum absolute atomic E-state index is 13.8. The fourth-order valence-electron chi connectivity index (χ4n) is 4.97. The summed E-state index contributed by atoms with van der Waals surface area (Å²) in [6.45, 7) is 4.34. The highest BCUT2D eigenvalue weighted by Gasteiger charge is 2.33. The third kappa shape index (κ3) is 19.2. The number of carbonyl (C=O) groups is 7. The van der Waals surface area contributed by atoms with Crippen LogP contribution in [0, 0.1) is 5.92 Å². The van der Waals surface area contributed by atoms with Crippen molar-refractivity contribution in [3.05, 3.63) is 52.2 Å². The minimum Gasteiger partial charge on any atom is -0.481 e. The second kappa shape index (κ2) is 25.2. The zero-order valence-corrected chi connectivity index (χ0v) is 34.6. The fourth-order valence-corrected chi connectivity index (χ4v) is 7.76. The summed E-state index contributed by atoms with van der Waals surface area (Å²) < 4.78 is 15.8. The average molecular weight is 877 g/mol. The van der Waals surface area contributed by atoms with Gasteiger partial charge in [0.05, 0.1) is 5.56 Å². The van der Waals surface area contributed by atoms with Crippen LogP contribution in [0.25, 0.3) is 0 Å². The Hall–Kier alpha value is -4.18. The molecule has 23 heteroatoms. The molecule has 1 aromatic carbocycles. The number of phosphoric ester groups is 1. The Morgan fingerprint density at radius 3 is 1.88 bits per heavy atom. The first-order chi connectivity index (χ1) is 26.9. The topological polar surface area (TPSA) is 313 Å². The van der Waals surface area contributed by atoms with Crippen LogP contribution < -0.4 is 36.8 Å². The lowest BCUT2D eigenvalue weighted by atomic mass is 9.97. The molecular formula is C34H49N6O13PS3. The molecule has 57 heavy (non-hydrogen) atoms. The Morgan fingerprint density at radius 1 is 0.807 bits per heavy atom. The van der Waals surface area contributed by atoms with Crippen molar-refractivity contribution in [1.29, 1.82) is 0 Å². The van der Waals surface area contributed by atoms with Crippen LogP contribution in [-0.4, -0.2) is 110 Å². The van der Waals surface area contributed by atoms with Crippen LogP contribution in [0.3, 0.4) is 0 Å². The Morgan fingerprint density at radius 2 is 1.37 bits per heavy atom. The summed E-state index contributed by atoms with van der Waals surface area (Å²) >= 11 is 1.22. The first kappa shape index (κ1) is 49.0. The van der Waals surface area contributed by atoms with Gasteiger partial charge in [0.2, 0.25) is 23.6 Å². The van der Waals surface area contributed by atoms with Crippen molar-refractivity contribution in [2.75, 3.05) is 24.6 Å². The standard InChI is InChI=1S/C34H49N6O13PS3/c1-3-20(2)29(34(49)36-14-17-57-56-16-13-35)40-32(47)25(9-11-28(43)44)37-31(46)24(8-10-27(41)42)38-33(48)26(39-30(45)22-12-15-55-19-22)18-21-4-6-23(7-5-21)53-54(50,51)52/h4-7,12,15,19-20,24-26,29H,3,8-11,13-14,16-18,35H2,1-2H3,(H,36,49)(H,37,46)(H,38,48)(H,39,45)(H,40,47)(H,41,42)(H,43,44)(H2,50,51,52)/t20-,24-,25-,26-,29-/m0/s1. The summed E-state index contributed by atoms with van der Waals surface area (Å²) in [6, 6.07) is 1.17. The fraction of sp³-hybridized carbons (Fsp3) is 0.500. The van der Waals surface area contributed by atoms with Crippen molar-refractivity contribution in [3.8, 4) is 5.75 Å². The molecule has 0 spiro atoms. The molecule has 1 aromatic heterocycles. The van der Waals surface area contributed by atoms with Crippen molar-refractivity contribution in [2.24, 2.45) is 11.7 Å².